The van der Waals surface area contributed by atoms with Gasteiger partial charge >= 0.3 is 39.5 Å². The molecule has 95 heavy (non-hydrogen) atoms. The minimum Gasteiger partial charge on any atom is -0.462 e. The van der Waals surface area contributed by atoms with Gasteiger partial charge in [0.2, 0.25) is 0 Å². The van der Waals surface area contributed by atoms with Gasteiger partial charge in [-0.2, -0.15) is 0 Å². The minimum atomic E-state index is -4.96. The summed E-state index contributed by atoms with van der Waals surface area (Å²) in [7, 11) is -9.91. The number of esters is 4. The van der Waals surface area contributed by atoms with Crippen molar-refractivity contribution in [3.8, 4) is 0 Å². The quantitative estimate of drug-likeness (QED) is 0.0222. The smallest absolute Gasteiger partial charge is 0.462 e. The zero-order valence-electron chi connectivity index (χ0n) is 62.1. The van der Waals surface area contributed by atoms with E-state index in [-0.39, 0.29) is 25.7 Å². The molecule has 0 aliphatic rings. The zero-order valence-corrected chi connectivity index (χ0v) is 63.9. The Hall–Kier alpha value is -1.94. The van der Waals surface area contributed by atoms with Crippen molar-refractivity contribution < 1.29 is 80.2 Å². The van der Waals surface area contributed by atoms with Crippen LogP contribution in [0.5, 0.6) is 0 Å². The van der Waals surface area contributed by atoms with E-state index < -0.39 is 97.5 Å². The first kappa shape index (κ1) is 93.1. The number of unbranched alkanes of at least 4 members (excludes halogenated alkanes) is 42. The number of hydrogen-bond acceptors (Lipinski definition) is 15. The van der Waals surface area contributed by atoms with Crippen molar-refractivity contribution in [3.05, 3.63) is 0 Å². The number of aliphatic hydroxyl groups excluding tert-OH is 1. The summed E-state index contributed by atoms with van der Waals surface area (Å²) in [5.41, 5.74) is 0. The molecular weight excluding hydrogens is 1250 g/mol. The van der Waals surface area contributed by atoms with Crippen LogP contribution in [-0.4, -0.2) is 96.7 Å². The molecule has 0 aromatic rings. The van der Waals surface area contributed by atoms with Crippen molar-refractivity contribution in [2.24, 2.45) is 17.8 Å². The predicted molar refractivity (Wildman–Crippen MR) is 386 cm³/mol. The molecule has 0 spiro atoms. The predicted octanol–water partition coefficient (Wildman–Crippen LogP) is 22.2. The Labute approximate surface area is 581 Å². The van der Waals surface area contributed by atoms with Gasteiger partial charge in [0.1, 0.15) is 19.3 Å². The number of carbonyl (C=O) groups excluding carboxylic acids is 4. The molecule has 0 bridgehead atoms. The fraction of sp³-hybridized carbons (Fsp3) is 0.947. The Kier molecular flexibility index (Phi) is 65.2. The summed E-state index contributed by atoms with van der Waals surface area (Å²) < 4.78 is 68.5. The Morgan fingerprint density at radius 1 is 0.284 bits per heavy atom. The number of hydrogen-bond donors (Lipinski definition) is 3. The molecule has 0 amide bonds. The fourth-order valence-corrected chi connectivity index (χ4v) is 13.2. The molecule has 0 heterocycles. The van der Waals surface area contributed by atoms with Crippen molar-refractivity contribution in [2.45, 2.75) is 407 Å². The lowest BCUT2D eigenvalue weighted by Gasteiger charge is -2.21. The van der Waals surface area contributed by atoms with Gasteiger partial charge in [-0.15, -0.1) is 0 Å². The van der Waals surface area contributed by atoms with Crippen LogP contribution in [0.3, 0.4) is 0 Å². The van der Waals surface area contributed by atoms with Gasteiger partial charge in [0.05, 0.1) is 26.4 Å². The second-order valence-electron chi connectivity index (χ2n) is 28.8. The number of ether oxygens (including phenoxy) is 4. The topological polar surface area (TPSA) is 237 Å². The van der Waals surface area contributed by atoms with Crippen LogP contribution in [0.25, 0.3) is 0 Å². The first-order valence-electron chi connectivity index (χ1n) is 39.3. The maximum atomic E-state index is 13.1. The molecule has 3 N–H and O–H groups in total. The molecular formula is C76H148O17P2. The summed E-state index contributed by atoms with van der Waals surface area (Å²) in [6.07, 6.45) is 52.7. The second-order valence-corrected chi connectivity index (χ2v) is 31.7. The van der Waals surface area contributed by atoms with Crippen LogP contribution in [0.1, 0.15) is 389 Å². The molecule has 2 unspecified atom stereocenters. The van der Waals surface area contributed by atoms with Gasteiger partial charge in [0.25, 0.3) is 0 Å². The number of carbonyl (C=O) groups is 4. The second kappa shape index (κ2) is 66.6. The van der Waals surface area contributed by atoms with Crippen molar-refractivity contribution in [2.75, 3.05) is 39.6 Å². The number of rotatable bonds is 74. The van der Waals surface area contributed by atoms with E-state index in [1.165, 1.54) is 199 Å². The molecule has 0 aliphatic heterocycles. The van der Waals surface area contributed by atoms with Crippen molar-refractivity contribution in [1.29, 1.82) is 0 Å². The molecule has 0 fully saturated rings. The maximum absolute atomic E-state index is 13.1. The molecule has 0 rings (SSSR count). The molecule has 564 valence electrons. The third kappa shape index (κ3) is 70.3. The van der Waals surface area contributed by atoms with Gasteiger partial charge in [-0.1, -0.05) is 337 Å². The Bertz CT molecular complexity index is 1850. The van der Waals surface area contributed by atoms with E-state index in [2.05, 4.69) is 48.5 Å². The summed E-state index contributed by atoms with van der Waals surface area (Å²) >= 11 is 0. The molecule has 0 aliphatic carbocycles. The van der Waals surface area contributed by atoms with Crippen molar-refractivity contribution in [3.63, 3.8) is 0 Å². The average molecular weight is 1400 g/mol. The van der Waals surface area contributed by atoms with Crippen LogP contribution in [0, 0.1) is 17.8 Å². The summed E-state index contributed by atoms with van der Waals surface area (Å²) in [5, 5.41) is 10.6. The van der Waals surface area contributed by atoms with Gasteiger partial charge in [-0.25, -0.2) is 9.13 Å². The van der Waals surface area contributed by atoms with Gasteiger partial charge in [0, 0.05) is 25.7 Å². The van der Waals surface area contributed by atoms with Gasteiger partial charge in [-0.3, -0.25) is 37.3 Å². The molecule has 17 nitrogen and oxygen atoms in total. The normalized spacial score (nSPS) is 14.1. The maximum Gasteiger partial charge on any atom is 0.472 e. The molecule has 0 saturated carbocycles. The Morgan fingerprint density at radius 3 is 0.716 bits per heavy atom. The van der Waals surface area contributed by atoms with Gasteiger partial charge in [0.15, 0.2) is 12.2 Å². The van der Waals surface area contributed by atoms with Crippen LogP contribution < -0.4 is 0 Å². The van der Waals surface area contributed by atoms with E-state index in [1.807, 2.05) is 0 Å². The van der Waals surface area contributed by atoms with E-state index in [4.69, 9.17) is 37.0 Å². The summed E-state index contributed by atoms with van der Waals surface area (Å²) in [6, 6.07) is 0. The number of phosphoric acid groups is 2. The summed E-state index contributed by atoms with van der Waals surface area (Å²) in [5.74, 6) is 0.203. The van der Waals surface area contributed by atoms with Crippen LogP contribution in [-0.2, 0) is 65.4 Å². The lowest BCUT2D eigenvalue weighted by molar-refractivity contribution is -0.161. The van der Waals surface area contributed by atoms with Crippen molar-refractivity contribution >= 4 is 39.5 Å². The standard InChI is InChI=1S/C76H148O17P2/c1-8-9-10-11-12-13-29-36-43-50-57-73(78)86-63-72(93-76(81)60-53-46-39-32-25-28-35-42-49-56-69(6)7)66-91-95(84,85)89-62-70(77)61-88-94(82,83)90-65-71(64-87-74(79)58-51-44-37-30-23-20-19-22-27-34-41-48-55-68(4)5)92-75(80)59-52-45-38-31-24-18-16-14-15-17-21-26-33-40-47-54-67(2)3/h67-72,77H,8-66H2,1-7H3,(H,82,83)(H,84,85)/t70-,71-,72-/m1/s1. The lowest BCUT2D eigenvalue weighted by Crippen LogP contribution is -2.30. The van der Waals surface area contributed by atoms with E-state index in [0.29, 0.717) is 25.7 Å². The highest BCUT2D eigenvalue weighted by Crippen LogP contribution is 2.45. The average Bonchev–Trinajstić information content (AvgIpc) is 2.96. The molecule has 0 radical (unpaired) electrons. The monoisotopic (exact) mass is 1400 g/mol. The Morgan fingerprint density at radius 2 is 0.484 bits per heavy atom. The van der Waals surface area contributed by atoms with E-state index in [1.54, 1.807) is 0 Å². The highest BCUT2D eigenvalue weighted by atomic mass is 31.2. The number of phosphoric ester groups is 2. The third-order valence-corrected chi connectivity index (χ3v) is 19.5. The fourth-order valence-electron chi connectivity index (χ4n) is 11.6. The minimum absolute atomic E-state index is 0.105. The first-order valence-corrected chi connectivity index (χ1v) is 42.3. The van der Waals surface area contributed by atoms with Crippen LogP contribution in [0.4, 0.5) is 0 Å². The first-order chi connectivity index (χ1) is 45.7. The summed E-state index contributed by atoms with van der Waals surface area (Å²) in [4.78, 5) is 72.8. The van der Waals surface area contributed by atoms with Gasteiger partial charge in [-0.05, 0) is 43.4 Å². The van der Waals surface area contributed by atoms with E-state index in [9.17, 15) is 43.2 Å². The SMILES string of the molecule is CCCCCCCCCCCCC(=O)OC[C@H](COP(=O)(O)OC[C@H](O)COP(=O)(O)OC[C@@H](COC(=O)CCCCCCCCCCCCCCC(C)C)OC(=O)CCCCCCCCCCCCCCCCCC(C)C)OC(=O)CCCCCCCCCCCC(C)C. The number of aliphatic hydroxyl groups is 1. The summed E-state index contributed by atoms with van der Waals surface area (Å²) in [6.45, 7) is 11.9. The molecule has 5 atom stereocenters. The molecule has 0 aromatic heterocycles. The molecule has 19 heteroatoms. The Balaban J connectivity index is 5.24. The molecule has 0 saturated heterocycles. The zero-order chi connectivity index (χ0) is 70.1. The van der Waals surface area contributed by atoms with Gasteiger partial charge < -0.3 is 33.8 Å². The third-order valence-electron chi connectivity index (χ3n) is 17.6. The van der Waals surface area contributed by atoms with Crippen LogP contribution in [0.2, 0.25) is 0 Å². The molecule has 0 aromatic carbocycles. The van der Waals surface area contributed by atoms with Crippen LogP contribution >= 0.6 is 15.6 Å². The van der Waals surface area contributed by atoms with Crippen LogP contribution in [0.15, 0.2) is 0 Å². The highest BCUT2D eigenvalue weighted by Gasteiger charge is 2.30. The lowest BCUT2D eigenvalue weighted by atomic mass is 10.0. The largest absolute Gasteiger partial charge is 0.472 e. The van der Waals surface area contributed by atoms with E-state index in [0.717, 1.165) is 108 Å². The van der Waals surface area contributed by atoms with Crippen molar-refractivity contribution in [1.82, 2.24) is 0 Å². The highest BCUT2D eigenvalue weighted by molar-refractivity contribution is 7.47. The van der Waals surface area contributed by atoms with E-state index >= 15 is 0 Å².